The summed E-state index contributed by atoms with van der Waals surface area (Å²) in [5.74, 6) is 0.337. The number of piperidine rings is 1. The third kappa shape index (κ3) is 5.36. The van der Waals surface area contributed by atoms with Crippen molar-refractivity contribution < 1.29 is 17.9 Å². The van der Waals surface area contributed by atoms with E-state index in [9.17, 15) is 13.2 Å². The zero-order valence-corrected chi connectivity index (χ0v) is 17.7. The number of nitrogens with zero attached hydrogens (tertiary/aromatic N) is 1. The van der Waals surface area contributed by atoms with Crippen molar-refractivity contribution >= 4 is 21.6 Å². The van der Waals surface area contributed by atoms with E-state index in [1.807, 2.05) is 24.3 Å². The third-order valence-corrected chi connectivity index (χ3v) is 7.00. The molecule has 6 nitrogen and oxygen atoms in total. The van der Waals surface area contributed by atoms with E-state index in [1.54, 1.807) is 19.1 Å². The van der Waals surface area contributed by atoms with Crippen LogP contribution in [0.25, 0.3) is 0 Å². The van der Waals surface area contributed by atoms with Crippen LogP contribution in [-0.4, -0.2) is 37.8 Å². The normalized spacial score (nSPS) is 16.2. The molecule has 29 heavy (non-hydrogen) atoms. The smallest absolute Gasteiger partial charge is 0.265 e. The summed E-state index contributed by atoms with van der Waals surface area (Å²) >= 11 is 0. The van der Waals surface area contributed by atoms with Gasteiger partial charge in [0.05, 0.1) is 4.90 Å². The molecule has 0 saturated carbocycles. The minimum atomic E-state index is -3.47. The SMILES string of the molecule is CCc1ccc(OC(C)C(=O)Nc2ccc(S(=O)(=O)N3CCCCC3)cc2)cc1. The molecule has 1 saturated heterocycles. The predicted octanol–water partition coefficient (Wildman–Crippen LogP) is 3.83. The van der Waals surface area contributed by atoms with Crippen LogP contribution in [0.5, 0.6) is 5.75 Å². The maximum atomic E-state index is 12.7. The fourth-order valence-corrected chi connectivity index (χ4v) is 4.79. The fourth-order valence-electron chi connectivity index (χ4n) is 3.27. The van der Waals surface area contributed by atoms with Gasteiger partial charge < -0.3 is 10.1 Å². The van der Waals surface area contributed by atoms with Gasteiger partial charge in [-0.1, -0.05) is 25.5 Å². The fraction of sp³-hybridized carbons (Fsp3) is 0.409. The molecule has 156 valence electrons. The summed E-state index contributed by atoms with van der Waals surface area (Å²) in [6, 6.07) is 13.9. The number of amides is 1. The zero-order valence-electron chi connectivity index (χ0n) is 16.9. The van der Waals surface area contributed by atoms with Gasteiger partial charge in [0.25, 0.3) is 5.91 Å². The highest BCUT2D eigenvalue weighted by atomic mass is 32.2. The summed E-state index contributed by atoms with van der Waals surface area (Å²) in [5.41, 5.74) is 1.73. The van der Waals surface area contributed by atoms with Crippen LogP contribution in [0.1, 0.15) is 38.7 Å². The maximum Gasteiger partial charge on any atom is 0.265 e. The summed E-state index contributed by atoms with van der Waals surface area (Å²) in [4.78, 5) is 12.7. The van der Waals surface area contributed by atoms with Gasteiger partial charge in [-0.2, -0.15) is 4.31 Å². The molecule has 1 unspecified atom stereocenters. The van der Waals surface area contributed by atoms with Crippen molar-refractivity contribution in [3.05, 3.63) is 54.1 Å². The first-order valence-electron chi connectivity index (χ1n) is 10.1. The van der Waals surface area contributed by atoms with Gasteiger partial charge >= 0.3 is 0 Å². The first-order valence-corrected chi connectivity index (χ1v) is 11.5. The molecule has 0 aromatic heterocycles. The van der Waals surface area contributed by atoms with E-state index in [-0.39, 0.29) is 10.8 Å². The molecule has 1 aliphatic heterocycles. The topological polar surface area (TPSA) is 75.7 Å². The molecule has 1 atom stereocenters. The van der Waals surface area contributed by atoms with Crippen molar-refractivity contribution in [2.45, 2.75) is 50.5 Å². The Hall–Kier alpha value is -2.38. The first-order chi connectivity index (χ1) is 13.9. The second-order valence-electron chi connectivity index (χ2n) is 7.24. The highest BCUT2D eigenvalue weighted by Crippen LogP contribution is 2.22. The molecule has 0 bridgehead atoms. The molecule has 1 fully saturated rings. The van der Waals surface area contributed by atoms with Gasteiger partial charge in [-0.05, 0) is 68.1 Å². The monoisotopic (exact) mass is 416 g/mol. The molecule has 1 N–H and O–H groups in total. The summed E-state index contributed by atoms with van der Waals surface area (Å²) in [6.45, 7) is 4.89. The van der Waals surface area contributed by atoms with E-state index < -0.39 is 16.1 Å². The van der Waals surface area contributed by atoms with Gasteiger partial charge in [-0.15, -0.1) is 0 Å². The number of rotatable bonds is 7. The Labute approximate surface area is 172 Å². The zero-order chi connectivity index (χ0) is 20.9. The number of benzene rings is 2. The van der Waals surface area contributed by atoms with E-state index in [0.29, 0.717) is 24.5 Å². The Morgan fingerprint density at radius 3 is 2.24 bits per heavy atom. The Kier molecular flexibility index (Phi) is 6.92. The average molecular weight is 417 g/mol. The Bertz CT molecular complexity index is 918. The first kappa shape index (κ1) is 21.3. The number of carbonyl (C=O) groups excluding carboxylic acids is 1. The second kappa shape index (κ2) is 9.41. The van der Waals surface area contributed by atoms with Crippen molar-refractivity contribution in [1.29, 1.82) is 0 Å². The summed E-state index contributed by atoms with van der Waals surface area (Å²) in [6.07, 6.45) is 3.12. The van der Waals surface area contributed by atoms with Crippen LogP contribution in [0.4, 0.5) is 5.69 Å². The van der Waals surface area contributed by atoms with Crippen LogP contribution in [0.2, 0.25) is 0 Å². The molecular weight excluding hydrogens is 388 g/mol. The number of hydrogen-bond acceptors (Lipinski definition) is 4. The van der Waals surface area contributed by atoms with Crippen LogP contribution in [0.3, 0.4) is 0 Å². The van der Waals surface area contributed by atoms with Crippen LogP contribution in [-0.2, 0) is 21.2 Å². The molecule has 0 radical (unpaired) electrons. The largest absolute Gasteiger partial charge is 0.481 e. The molecule has 1 amide bonds. The van der Waals surface area contributed by atoms with Gasteiger partial charge in [-0.3, -0.25) is 4.79 Å². The van der Waals surface area contributed by atoms with E-state index in [1.165, 1.54) is 22.0 Å². The summed E-state index contributed by atoms with van der Waals surface area (Å²) < 4.78 is 32.6. The molecule has 2 aromatic rings. The predicted molar refractivity (Wildman–Crippen MR) is 114 cm³/mol. The minimum absolute atomic E-state index is 0.248. The van der Waals surface area contributed by atoms with Crippen LogP contribution >= 0.6 is 0 Å². The second-order valence-corrected chi connectivity index (χ2v) is 9.17. The highest BCUT2D eigenvalue weighted by Gasteiger charge is 2.25. The lowest BCUT2D eigenvalue weighted by atomic mass is 10.2. The van der Waals surface area contributed by atoms with Gasteiger partial charge in [-0.25, -0.2) is 8.42 Å². The van der Waals surface area contributed by atoms with Gasteiger partial charge in [0.1, 0.15) is 5.75 Å². The molecule has 7 heteroatoms. The number of nitrogens with one attached hydrogen (secondary N) is 1. The quantitative estimate of drug-likeness (QED) is 0.744. The van der Waals surface area contributed by atoms with Gasteiger partial charge in [0, 0.05) is 18.8 Å². The minimum Gasteiger partial charge on any atom is -0.481 e. The van der Waals surface area contributed by atoms with E-state index in [0.717, 1.165) is 25.7 Å². The Morgan fingerprint density at radius 1 is 1.03 bits per heavy atom. The van der Waals surface area contributed by atoms with E-state index in [4.69, 9.17) is 4.74 Å². The van der Waals surface area contributed by atoms with E-state index >= 15 is 0 Å². The molecule has 0 spiro atoms. The Balaban J connectivity index is 1.60. The van der Waals surface area contributed by atoms with Gasteiger partial charge in [0.2, 0.25) is 10.0 Å². The number of anilines is 1. The molecule has 2 aromatic carbocycles. The van der Waals surface area contributed by atoms with Crippen molar-refractivity contribution in [1.82, 2.24) is 4.31 Å². The number of aryl methyl sites for hydroxylation is 1. The lowest BCUT2D eigenvalue weighted by Gasteiger charge is -2.25. The summed E-state index contributed by atoms with van der Waals surface area (Å²) in [7, 11) is -3.47. The van der Waals surface area contributed by atoms with Crippen LogP contribution < -0.4 is 10.1 Å². The average Bonchev–Trinajstić information content (AvgIpc) is 2.75. The highest BCUT2D eigenvalue weighted by molar-refractivity contribution is 7.89. The molecule has 0 aliphatic carbocycles. The maximum absolute atomic E-state index is 12.7. The molecule has 1 aliphatic rings. The summed E-state index contributed by atoms with van der Waals surface area (Å²) in [5, 5.41) is 2.77. The Morgan fingerprint density at radius 2 is 1.66 bits per heavy atom. The lowest BCUT2D eigenvalue weighted by molar-refractivity contribution is -0.122. The molecular formula is C22H28N2O4S. The van der Waals surface area contributed by atoms with Crippen LogP contribution in [0, 0.1) is 0 Å². The number of sulfonamides is 1. The number of hydrogen-bond donors (Lipinski definition) is 1. The standard InChI is InChI=1S/C22H28N2O4S/c1-3-18-7-11-20(12-8-18)28-17(2)22(25)23-19-9-13-21(14-10-19)29(26,27)24-15-5-4-6-16-24/h7-14,17H,3-6,15-16H2,1-2H3,(H,23,25). The lowest BCUT2D eigenvalue weighted by Crippen LogP contribution is -2.35. The number of carbonyl (C=O) groups is 1. The van der Waals surface area contributed by atoms with Gasteiger partial charge in [0.15, 0.2) is 6.10 Å². The molecule has 1 heterocycles. The molecule has 3 rings (SSSR count). The van der Waals surface area contributed by atoms with Crippen molar-refractivity contribution in [3.8, 4) is 5.75 Å². The van der Waals surface area contributed by atoms with Crippen molar-refractivity contribution in [3.63, 3.8) is 0 Å². The third-order valence-electron chi connectivity index (χ3n) is 5.09. The van der Waals surface area contributed by atoms with E-state index in [2.05, 4.69) is 12.2 Å². The number of ether oxygens (including phenoxy) is 1. The van der Waals surface area contributed by atoms with Crippen LogP contribution in [0.15, 0.2) is 53.4 Å². The van der Waals surface area contributed by atoms with Crippen molar-refractivity contribution in [2.24, 2.45) is 0 Å². The van der Waals surface area contributed by atoms with Crippen molar-refractivity contribution in [2.75, 3.05) is 18.4 Å².